The van der Waals surface area contributed by atoms with Crippen molar-refractivity contribution in [3.8, 4) is 0 Å². The van der Waals surface area contributed by atoms with Gasteiger partial charge in [0.05, 0.1) is 5.60 Å². The van der Waals surface area contributed by atoms with Crippen LogP contribution in [0.15, 0.2) is 18.2 Å². The van der Waals surface area contributed by atoms with E-state index in [9.17, 15) is 13.9 Å². The molecule has 16 heavy (non-hydrogen) atoms. The molecule has 1 rings (SSSR count). The normalized spacial score (nSPS) is 16.9. The maximum absolute atomic E-state index is 13.0. The number of halogens is 2. The van der Waals surface area contributed by atoms with Gasteiger partial charge in [-0.3, -0.25) is 0 Å². The van der Waals surface area contributed by atoms with Crippen molar-refractivity contribution in [2.24, 2.45) is 0 Å². The highest BCUT2D eigenvalue weighted by Gasteiger charge is 2.32. The van der Waals surface area contributed by atoms with Crippen molar-refractivity contribution in [1.82, 2.24) is 0 Å². The fourth-order valence-corrected chi connectivity index (χ4v) is 1.48. The minimum Gasteiger partial charge on any atom is -0.385 e. The van der Waals surface area contributed by atoms with Gasteiger partial charge in [-0.25, -0.2) is 8.78 Å². The minimum atomic E-state index is -0.988. The van der Waals surface area contributed by atoms with Crippen LogP contribution < -0.4 is 0 Å². The summed E-state index contributed by atoms with van der Waals surface area (Å²) in [4.78, 5) is 0. The number of aliphatic hydroxyl groups is 1. The van der Waals surface area contributed by atoms with Crippen molar-refractivity contribution in [3.63, 3.8) is 0 Å². The zero-order valence-electron chi connectivity index (χ0n) is 9.63. The highest BCUT2D eigenvalue weighted by Crippen LogP contribution is 2.31. The van der Waals surface area contributed by atoms with Crippen LogP contribution >= 0.6 is 0 Å². The smallest absolute Gasteiger partial charge is 0.159 e. The zero-order valence-corrected chi connectivity index (χ0v) is 9.63. The van der Waals surface area contributed by atoms with E-state index in [-0.39, 0.29) is 0 Å². The molecule has 0 saturated carbocycles. The Kier molecular flexibility index (Phi) is 3.99. The molecule has 0 aliphatic heterocycles. The minimum absolute atomic E-state index is 0.310. The summed E-state index contributed by atoms with van der Waals surface area (Å²) in [7, 11) is 1.48. The first-order chi connectivity index (χ1) is 7.44. The van der Waals surface area contributed by atoms with Gasteiger partial charge in [-0.2, -0.15) is 0 Å². The number of hydrogen-bond acceptors (Lipinski definition) is 2. The Balaban J connectivity index is 3.04. The SMILES string of the molecule is CCC(C)(OC)C(O)c1ccc(F)c(F)c1. The third-order valence-corrected chi connectivity index (χ3v) is 3.01. The molecule has 0 amide bonds. The number of methoxy groups -OCH3 is 1. The van der Waals surface area contributed by atoms with Crippen LogP contribution in [0.5, 0.6) is 0 Å². The summed E-state index contributed by atoms with van der Waals surface area (Å²) in [5.41, 5.74) is -0.491. The van der Waals surface area contributed by atoms with Crippen LogP contribution in [0.4, 0.5) is 8.78 Å². The molecular weight excluding hydrogens is 214 g/mol. The summed E-state index contributed by atoms with van der Waals surface area (Å²) in [6.07, 6.45) is -0.429. The van der Waals surface area contributed by atoms with E-state index in [1.165, 1.54) is 13.2 Å². The van der Waals surface area contributed by atoms with Gasteiger partial charge in [-0.1, -0.05) is 13.0 Å². The third-order valence-electron chi connectivity index (χ3n) is 3.01. The highest BCUT2D eigenvalue weighted by molar-refractivity contribution is 5.22. The molecule has 1 N–H and O–H groups in total. The summed E-state index contributed by atoms with van der Waals surface area (Å²) >= 11 is 0. The largest absolute Gasteiger partial charge is 0.385 e. The lowest BCUT2D eigenvalue weighted by Gasteiger charge is -2.32. The van der Waals surface area contributed by atoms with Gasteiger partial charge in [0.25, 0.3) is 0 Å². The van der Waals surface area contributed by atoms with Gasteiger partial charge in [-0.15, -0.1) is 0 Å². The standard InChI is InChI=1S/C12H16F2O2/c1-4-12(2,16-3)11(15)8-5-6-9(13)10(14)7-8/h5-7,11,15H,4H2,1-3H3. The second kappa shape index (κ2) is 4.89. The van der Waals surface area contributed by atoms with Gasteiger partial charge in [0.2, 0.25) is 0 Å². The van der Waals surface area contributed by atoms with Crippen molar-refractivity contribution < 1.29 is 18.6 Å². The average molecular weight is 230 g/mol. The van der Waals surface area contributed by atoms with Crippen LogP contribution in [0.3, 0.4) is 0 Å². The van der Waals surface area contributed by atoms with E-state index in [2.05, 4.69) is 0 Å². The number of ether oxygens (including phenoxy) is 1. The number of aliphatic hydroxyl groups excluding tert-OH is 1. The maximum Gasteiger partial charge on any atom is 0.159 e. The molecule has 0 spiro atoms. The Hall–Kier alpha value is -1.00. The predicted octanol–water partition coefficient (Wildman–Crippen LogP) is 2.81. The Morgan fingerprint density at radius 2 is 2.00 bits per heavy atom. The zero-order chi connectivity index (χ0) is 12.3. The van der Waals surface area contributed by atoms with E-state index in [1.807, 2.05) is 6.92 Å². The highest BCUT2D eigenvalue weighted by atomic mass is 19.2. The summed E-state index contributed by atoms with van der Waals surface area (Å²) in [6, 6.07) is 3.35. The summed E-state index contributed by atoms with van der Waals surface area (Å²) in [5, 5.41) is 10.0. The van der Waals surface area contributed by atoms with Crippen LogP contribution in [0.1, 0.15) is 31.9 Å². The molecule has 1 aromatic carbocycles. The van der Waals surface area contributed by atoms with Gasteiger partial charge in [-0.05, 0) is 31.0 Å². The van der Waals surface area contributed by atoms with Crippen LogP contribution in [-0.2, 0) is 4.74 Å². The Morgan fingerprint density at radius 1 is 1.38 bits per heavy atom. The Bertz CT molecular complexity index is 362. The van der Waals surface area contributed by atoms with Gasteiger partial charge in [0, 0.05) is 7.11 Å². The third kappa shape index (κ3) is 2.39. The monoisotopic (exact) mass is 230 g/mol. The summed E-state index contributed by atoms with van der Waals surface area (Å²) in [6.45, 7) is 3.57. The van der Waals surface area contributed by atoms with Gasteiger partial charge in [0.15, 0.2) is 11.6 Å². The predicted molar refractivity (Wildman–Crippen MR) is 57.0 cm³/mol. The maximum atomic E-state index is 13.0. The fraction of sp³-hybridized carbons (Fsp3) is 0.500. The lowest BCUT2D eigenvalue weighted by atomic mass is 9.90. The van der Waals surface area contributed by atoms with Crippen LogP contribution in [0.2, 0.25) is 0 Å². The average Bonchev–Trinajstić information content (AvgIpc) is 2.30. The van der Waals surface area contributed by atoms with Crippen molar-refractivity contribution in [3.05, 3.63) is 35.4 Å². The Morgan fingerprint density at radius 3 is 2.44 bits per heavy atom. The molecule has 1 aromatic rings. The molecule has 2 atom stereocenters. The molecule has 0 radical (unpaired) electrons. The lowest BCUT2D eigenvalue weighted by Crippen LogP contribution is -2.34. The quantitative estimate of drug-likeness (QED) is 0.861. The topological polar surface area (TPSA) is 29.5 Å². The van der Waals surface area contributed by atoms with E-state index in [1.54, 1.807) is 6.92 Å². The van der Waals surface area contributed by atoms with Crippen molar-refractivity contribution in [2.45, 2.75) is 32.0 Å². The molecule has 90 valence electrons. The number of rotatable bonds is 4. The van der Waals surface area contributed by atoms with Crippen molar-refractivity contribution in [2.75, 3.05) is 7.11 Å². The molecular formula is C12H16F2O2. The molecule has 0 aromatic heterocycles. The second-order valence-corrected chi connectivity index (χ2v) is 3.95. The van der Waals surface area contributed by atoms with Crippen molar-refractivity contribution in [1.29, 1.82) is 0 Å². The van der Waals surface area contributed by atoms with Crippen LogP contribution in [0, 0.1) is 11.6 Å². The number of benzene rings is 1. The first-order valence-corrected chi connectivity index (χ1v) is 5.12. The van der Waals surface area contributed by atoms with E-state index in [0.717, 1.165) is 12.1 Å². The Labute approximate surface area is 93.9 Å². The van der Waals surface area contributed by atoms with E-state index in [0.29, 0.717) is 12.0 Å². The molecule has 0 saturated heterocycles. The first-order valence-electron chi connectivity index (χ1n) is 5.12. The summed E-state index contributed by atoms with van der Waals surface area (Å²) in [5.74, 6) is -1.89. The van der Waals surface area contributed by atoms with Gasteiger partial charge < -0.3 is 9.84 Å². The molecule has 0 fully saturated rings. The molecule has 4 heteroatoms. The van der Waals surface area contributed by atoms with Crippen molar-refractivity contribution >= 4 is 0 Å². The van der Waals surface area contributed by atoms with E-state index < -0.39 is 23.3 Å². The summed E-state index contributed by atoms with van der Waals surface area (Å²) < 4.78 is 31.0. The molecule has 2 nitrogen and oxygen atoms in total. The van der Waals surface area contributed by atoms with E-state index in [4.69, 9.17) is 4.74 Å². The first kappa shape index (κ1) is 13.1. The molecule has 0 aliphatic rings. The second-order valence-electron chi connectivity index (χ2n) is 3.95. The van der Waals surface area contributed by atoms with E-state index >= 15 is 0 Å². The van der Waals surface area contributed by atoms with Crippen LogP contribution in [-0.4, -0.2) is 17.8 Å². The van der Waals surface area contributed by atoms with Gasteiger partial charge in [0.1, 0.15) is 6.10 Å². The molecule has 2 unspecified atom stereocenters. The molecule has 0 heterocycles. The fourth-order valence-electron chi connectivity index (χ4n) is 1.48. The number of hydrogen-bond donors (Lipinski definition) is 1. The van der Waals surface area contributed by atoms with Gasteiger partial charge >= 0.3 is 0 Å². The van der Waals surface area contributed by atoms with Crippen LogP contribution in [0.25, 0.3) is 0 Å². The lowest BCUT2D eigenvalue weighted by molar-refractivity contribution is -0.0945. The molecule has 0 bridgehead atoms. The molecule has 0 aliphatic carbocycles.